The number of amides is 1. The highest BCUT2D eigenvalue weighted by Crippen LogP contribution is 2.44. The number of aryl methyl sites for hydroxylation is 1. The number of hydrogen-bond donors (Lipinski definition) is 5. The van der Waals surface area contributed by atoms with Gasteiger partial charge in [0.15, 0.2) is 0 Å². The lowest BCUT2D eigenvalue weighted by Gasteiger charge is -2.21. The number of rotatable bonds is 10. The second-order valence-electron chi connectivity index (χ2n) is 10.4. The van der Waals surface area contributed by atoms with E-state index in [0.29, 0.717) is 47.8 Å². The van der Waals surface area contributed by atoms with E-state index in [2.05, 4.69) is 30.9 Å². The summed E-state index contributed by atoms with van der Waals surface area (Å²) in [7, 11) is 1.62. The van der Waals surface area contributed by atoms with Crippen LogP contribution in [0.4, 0.5) is 17.5 Å². The van der Waals surface area contributed by atoms with E-state index in [1.807, 2.05) is 19.2 Å². The number of thiazole rings is 1. The van der Waals surface area contributed by atoms with Crippen LogP contribution < -0.4 is 16.0 Å². The highest BCUT2D eigenvalue weighted by atomic mass is 35.5. The topological polar surface area (TPSA) is 167 Å². The van der Waals surface area contributed by atoms with Crippen molar-refractivity contribution in [3.8, 4) is 10.6 Å². The first kappa shape index (κ1) is 30.0. The van der Waals surface area contributed by atoms with Gasteiger partial charge in [-0.15, -0.1) is 23.7 Å². The maximum atomic E-state index is 13.0. The van der Waals surface area contributed by atoms with Crippen molar-refractivity contribution in [3.05, 3.63) is 48.2 Å². The van der Waals surface area contributed by atoms with Gasteiger partial charge in [-0.05, 0) is 44.4 Å². The fraction of sp³-hybridized carbons (Fsp3) is 0.429. The third kappa shape index (κ3) is 6.15. The van der Waals surface area contributed by atoms with Crippen molar-refractivity contribution in [2.45, 2.75) is 50.4 Å². The number of aromatic nitrogens is 5. The predicted molar refractivity (Wildman–Crippen MR) is 163 cm³/mol. The SMILES string of the molecule is COCCNc1nc(C)c(-c2nc3c(C4CC4)nccc3s2)c(N[C@@H]2C[C@H](C(=O)Nc3ccncc3)[C@@H](O)[C@H]2O)n1.Cl. The number of methoxy groups -OCH3 is 1. The van der Waals surface area contributed by atoms with Gasteiger partial charge >= 0.3 is 0 Å². The van der Waals surface area contributed by atoms with Crippen LogP contribution in [0, 0.1) is 12.8 Å². The van der Waals surface area contributed by atoms with Gasteiger partial charge in [0.2, 0.25) is 11.9 Å². The number of carbonyl (C=O) groups excluding carboxylic acids is 1. The lowest BCUT2D eigenvalue weighted by atomic mass is 10.0. The minimum absolute atomic E-state index is 0. The number of pyridine rings is 2. The Labute approximate surface area is 252 Å². The molecule has 0 aliphatic heterocycles. The molecule has 0 unspecified atom stereocenters. The maximum Gasteiger partial charge on any atom is 0.230 e. The predicted octanol–water partition coefficient (Wildman–Crippen LogP) is 3.37. The zero-order valence-corrected chi connectivity index (χ0v) is 24.8. The molecule has 0 spiro atoms. The summed E-state index contributed by atoms with van der Waals surface area (Å²) in [5.41, 5.74) is 3.89. The quantitative estimate of drug-likeness (QED) is 0.167. The van der Waals surface area contributed by atoms with Crippen molar-refractivity contribution in [2.75, 3.05) is 36.2 Å². The second-order valence-corrected chi connectivity index (χ2v) is 11.4. The van der Waals surface area contributed by atoms with E-state index < -0.39 is 24.2 Å². The lowest BCUT2D eigenvalue weighted by Crippen LogP contribution is -2.37. The summed E-state index contributed by atoms with van der Waals surface area (Å²) >= 11 is 1.54. The summed E-state index contributed by atoms with van der Waals surface area (Å²) in [5.74, 6) is 0.104. The van der Waals surface area contributed by atoms with Crippen molar-refractivity contribution in [3.63, 3.8) is 0 Å². The highest BCUT2D eigenvalue weighted by molar-refractivity contribution is 7.21. The van der Waals surface area contributed by atoms with Crippen molar-refractivity contribution in [2.24, 2.45) is 5.92 Å². The maximum absolute atomic E-state index is 13.0. The summed E-state index contributed by atoms with van der Waals surface area (Å²) in [6, 6.07) is 4.66. The Balaban J connectivity index is 0.00000353. The fourth-order valence-corrected chi connectivity index (χ4v) is 6.26. The van der Waals surface area contributed by atoms with Crippen LogP contribution in [0.2, 0.25) is 0 Å². The van der Waals surface area contributed by atoms with E-state index in [0.717, 1.165) is 33.8 Å². The van der Waals surface area contributed by atoms with Crippen LogP contribution in [0.3, 0.4) is 0 Å². The Kier molecular flexibility index (Phi) is 9.13. The smallest absolute Gasteiger partial charge is 0.230 e. The molecule has 6 rings (SSSR count). The molecule has 2 fully saturated rings. The molecule has 4 atom stereocenters. The molecule has 4 aromatic rings. The molecule has 0 aromatic carbocycles. The number of aliphatic hydroxyl groups is 2. The average Bonchev–Trinajstić information content (AvgIpc) is 3.66. The summed E-state index contributed by atoms with van der Waals surface area (Å²) in [4.78, 5) is 36.0. The first-order valence-electron chi connectivity index (χ1n) is 13.6. The molecule has 42 heavy (non-hydrogen) atoms. The van der Waals surface area contributed by atoms with Crippen LogP contribution in [0.1, 0.15) is 36.6 Å². The first-order chi connectivity index (χ1) is 19.9. The molecular formula is C28H33ClN8O4S. The largest absolute Gasteiger partial charge is 0.390 e. The van der Waals surface area contributed by atoms with Gasteiger partial charge in [0, 0.05) is 43.9 Å². The molecule has 0 bridgehead atoms. The van der Waals surface area contributed by atoms with Gasteiger partial charge in [0.05, 0.1) is 46.3 Å². The van der Waals surface area contributed by atoms with Crippen LogP contribution >= 0.6 is 23.7 Å². The molecule has 4 heterocycles. The minimum Gasteiger partial charge on any atom is -0.390 e. The van der Waals surface area contributed by atoms with Gasteiger partial charge in [-0.2, -0.15) is 4.98 Å². The Morgan fingerprint density at radius 1 is 1.10 bits per heavy atom. The summed E-state index contributed by atoms with van der Waals surface area (Å²) < 4.78 is 6.18. The molecule has 2 aliphatic rings. The number of ether oxygens (including phenoxy) is 1. The number of hydrogen-bond acceptors (Lipinski definition) is 12. The monoisotopic (exact) mass is 612 g/mol. The number of halogens is 1. The van der Waals surface area contributed by atoms with Crippen LogP contribution in [0.5, 0.6) is 0 Å². The molecule has 222 valence electrons. The van der Waals surface area contributed by atoms with E-state index in [4.69, 9.17) is 14.7 Å². The van der Waals surface area contributed by atoms with Gasteiger partial charge in [-0.25, -0.2) is 9.97 Å². The molecule has 1 amide bonds. The fourth-order valence-electron chi connectivity index (χ4n) is 5.20. The lowest BCUT2D eigenvalue weighted by molar-refractivity contribution is -0.123. The third-order valence-electron chi connectivity index (χ3n) is 7.48. The number of fused-ring (bicyclic) bond motifs is 1. The zero-order valence-electron chi connectivity index (χ0n) is 23.1. The normalized spacial score (nSPS) is 21.6. The summed E-state index contributed by atoms with van der Waals surface area (Å²) in [6.07, 6.45) is 4.96. The van der Waals surface area contributed by atoms with Crippen LogP contribution in [0.25, 0.3) is 20.8 Å². The number of nitrogens with one attached hydrogen (secondary N) is 3. The highest BCUT2D eigenvalue weighted by Gasteiger charge is 2.45. The molecule has 0 saturated heterocycles. The van der Waals surface area contributed by atoms with Gasteiger partial charge in [-0.3, -0.25) is 14.8 Å². The van der Waals surface area contributed by atoms with Crippen molar-refractivity contribution >= 4 is 57.3 Å². The molecular weight excluding hydrogens is 580 g/mol. The summed E-state index contributed by atoms with van der Waals surface area (Å²) in [6.45, 7) is 2.87. The van der Waals surface area contributed by atoms with E-state index in [-0.39, 0.29) is 24.7 Å². The average molecular weight is 613 g/mol. The van der Waals surface area contributed by atoms with Crippen LogP contribution in [0.15, 0.2) is 36.8 Å². The van der Waals surface area contributed by atoms with Crippen LogP contribution in [-0.2, 0) is 9.53 Å². The number of aliphatic hydroxyl groups excluding tert-OH is 2. The van der Waals surface area contributed by atoms with E-state index in [9.17, 15) is 15.0 Å². The second kappa shape index (κ2) is 12.8. The van der Waals surface area contributed by atoms with Gasteiger partial charge in [0.1, 0.15) is 22.4 Å². The Bertz CT molecular complexity index is 1550. The molecule has 12 nitrogen and oxygen atoms in total. The molecule has 0 radical (unpaired) electrons. The number of carbonyl (C=O) groups is 1. The molecule has 4 aromatic heterocycles. The molecule has 2 aliphatic carbocycles. The summed E-state index contributed by atoms with van der Waals surface area (Å²) in [5, 5.41) is 31.9. The minimum atomic E-state index is -1.25. The molecule has 2 saturated carbocycles. The Hall–Kier alpha value is -3.49. The van der Waals surface area contributed by atoms with Crippen molar-refractivity contribution in [1.29, 1.82) is 0 Å². The van der Waals surface area contributed by atoms with E-state index in [1.54, 1.807) is 31.6 Å². The van der Waals surface area contributed by atoms with Crippen LogP contribution in [-0.4, -0.2) is 79.6 Å². The standard InChI is InChI=1S/C28H32N8O4S.ClH/c1-14-20(27-35-22-19(41-27)7-10-30-21(22)15-3-4-15)25(36-28(32-14)31-11-12-40-2)34-18-13-17(23(37)24(18)38)26(39)33-16-5-8-29-9-6-16;/h5-10,15,17-18,23-24,37-38H,3-4,11-13H2,1-2H3,(H,29,33,39)(H2,31,32,34,36);1H/t17-,18+,23+,24-;/m0./s1. The molecule has 14 heteroatoms. The van der Waals surface area contributed by atoms with Crippen molar-refractivity contribution in [1.82, 2.24) is 24.9 Å². The van der Waals surface area contributed by atoms with E-state index >= 15 is 0 Å². The number of anilines is 3. The van der Waals surface area contributed by atoms with Crippen molar-refractivity contribution < 1.29 is 19.7 Å². The van der Waals surface area contributed by atoms with Gasteiger partial charge in [0.25, 0.3) is 0 Å². The Morgan fingerprint density at radius 2 is 1.88 bits per heavy atom. The first-order valence-corrected chi connectivity index (χ1v) is 14.5. The van der Waals surface area contributed by atoms with E-state index in [1.165, 1.54) is 11.3 Å². The zero-order chi connectivity index (χ0) is 28.5. The van der Waals surface area contributed by atoms with Gasteiger partial charge in [-0.1, -0.05) is 0 Å². The van der Waals surface area contributed by atoms with Gasteiger partial charge < -0.3 is 30.9 Å². The Morgan fingerprint density at radius 3 is 2.62 bits per heavy atom. The third-order valence-corrected chi connectivity index (χ3v) is 8.52. The molecule has 5 N–H and O–H groups in total. The number of nitrogens with zero attached hydrogens (tertiary/aromatic N) is 5.